The highest BCUT2D eigenvalue weighted by Gasteiger charge is 2.37. The molecular formula is C16H22FN2O3S2+. The molecule has 0 spiro atoms. The van der Waals surface area contributed by atoms with E-state index in [0.29, 0.717) is 23.7 Å². The average Bonchev–Trinajstić information content (AvgIpc) is 2.94. The summed E-state index contributed by atoms with van der Waals surface area (Å²) in [5.41, 5.74) is 0. The summed E-state index contributed by atoms with van der Waals surface area (Å²) < 4.78 is 36.8. The van der Waals surface area contributed by atoms with E-state index in [4.69, 9.17) is 0 Å². The van der Waals surface area contributed by atoms with Gasteiger partial charge in [0, 0.05) is 11.3 Å². The number of hydrogen-bond donors (Lipinski definition) is 1. The number of carbonyl (C=O) groups excluding carboxylic acids is 1. The summed E-state index contributed by atoms with van der Waals surface area (Å²) in [4.78, 5) is 15.9. The maximum atomic E-state index is 13.6. The predicted octanol–water partition coefficient (Wildman–Crippen LogP) is -0.168. The summed E-state index contributed by atoms with van der Waals surface area (Å²) >= 11 is 1.22. The number of nitrogens with one attached hydrogen (secondary N) is 1. The first-order valence-corrected chi connectivity index (χ1v) is 11.0. The molecule has 2 saturated heterocycles. The lowest BCUT2D eigenvalue weighted by Gasteiger charge is -2.35. The van der Waals surface area contributed by atoms with E-state index in [1.165, 1.54) is 22.7 Å². The lowest BCUT2D eigenvalue weighted by atomic mass is 10.2. The molecule has 0 unspecified atom stereocenters. The van der Waals surface area contributed by atoms with Crippen LogP contribution in [-0.4, -0.2) is 68.7 Å². The second-order valence-corrected chi connectivity index (χ2v) is 9.60. The molecule has 0 saturated carbocycles. The van der Waals surface area contributed by atoms with Crippen molar-refractivity contribution in [3.63, 3.8) is 0 Å². The quantitative estimate of drug-likeness (QED) is 0.745. The molecule has 1 N–H and O–H groups in total. The van der Waals surface area contributed by atoms with E-state index >= 15 is 0 Å². The van der Waals surface area contributed by atoms with Gasteiger partial charge in [-0.05, 0) is 12.1 Å². The van der Waals surface area contributed by atoms with Gasteiger partial charge in [0.25, 0.3) is 0 Å². The molecule has 0 radical (unpaired) electrons. The van der Waals surface area contributed by atoms with E-state index in [1.807, 2.05) is 0 Å². The van der Waals surface area contributed by atoms with Crippen molar-refractivity contribution in [2.45, 2.75) is 17.4 Å². The fourth-order valence-corrected chi connectivity index (χ4v) is 6.03. The molecule has 1 aromatic rings. The maximum Gasteiger partial charge on any atom is 0.233 e. The molecule has 0 aliphatic carbocycles. The zero-order chi connectivity index (χ0) is 17.2. The normalized spacial score (nSPS) is 24.2. The van der Waals surface area contributed by atoms with Crippen molar-refractivity contribution in [2.75, 3.05) is 43.4 Å². The molecule has 5 nitrogen and oxygen atoms in total. The summed E-state index contributed by atoms with van der Waals surface area (Å²) in [7, 11) is -2.86. The first kappa shape index (κ1) is 17.7. The summed E-state index contributed by atoms with van der Waals surface area (Å²) in [5.74, 6) is 0.518. The van der Waals surface area contributed by atoms with Crippen molar-refractivity contribution >= 4 is 27.5 Å². The lowest BCUT2D eigenvalue weighted by molar-refractivity contribution is -0.925. The smallest absolute Gasteiger partial charge is 0.233 e. The van der Waals surface area contributed by atoms with Crippen LogP contribution in [0.5, 0.6) is 0 Å². The molecule has 2 aliphatic rings. The van der Waals surface area contributed by atoms with Crippen molar-refractivity contribution < 1.29 is 22.5 Å². The Balaban J connectivity index is 1.46. The Morgan fingerprint density at radius 2 is 2.00 bits per heavy atom. The highest BCUT2D eigenvalue weighted by atomic mass is 32.2. The number of halogens is 1. The zero-order valence-electron chi connectivity index (χ0n) is 13.4. The first-order valence-electron chi connectivity index (χ1n) is 8.15. The summed E-state index contributed by atoms with van der Waals surface area (Å²) in [6, 6.07) is 6.64. The Kier molecular flexibility index (Phi) is 5.46. The predicted molar refractivity (Wildman–Crippen MR) is 91.5 cm³/mol. The number of nitrogens with zero attached hydrogens (tertiary/aromatic N) is 1. The second-order valence-electron chi connectivity index (χ2n) is 6.36. The molecule has 3 rings (SSSR count). The van der Waals surface area contributed by atoms with Gasteiger partial charge in [0.15, 0.2) is 9.84 Å². The van der Waals surface area contributed by atoms with Gasteiger partial charge in [-0.25, -0.2) is 12.8 Å². The van der Waals surface area contributed by atoms with E-state index < -0.39 is 9.84 Å². The fourth-order valence-electron chi connectivity index (χ4n) is 3.36. The van der Waals surface area contributed by atoms with Gasteiger partial charge in [0.1, 0.15) is 17.6 Å². The van der Waals surface area contributed by atoms with Crippen molar-refractivity contribution in [3.8, 4) is 0 Å². The topological polar surface area (TPSA) is 58.9 Å². The lowest BCUT2D eigenvalue weighted by Crippen LogP contribution is -3.18. The first-order chi connectivity index (χ1) is 11.4. The van der Waals surface area contributed by atoms with Gasteiger partial charge >= 0.3 is 0 Å². The number of carbonyl (C=O) groups is 1. The van der Waals surface area contributed by atoms with Crippen LogP contribution in [0.15, 0.2) is 29.2 Å². The minimum atomic E-state index is -2.86. The van der Waals surface area contributed by atoms with Gasteiger partial charge in [0.2, 0.25) is 5.91 Å². The second kappa shape index (κ2) is 7.41. The average molecular weight is 373 g/mol. The zero-order valence-corrected chi connectivity index (χ0v) is 15.0. The van der Waals surface area contributed by atoms with Gasteiger partial charge < -0.3 is 9.80 Å². The Morgan fingerprint density at radius 3 is 2.62 bits per heavy atom. The van der Waals surface area contributed by atoms with Crippen LogP contribution in [-0.2, 0) is 14.6 Å². The summed E-state index contributed by atoms with van der Waals surface area (Å²) in [6.07, 6.45) is 0.731. The molecule has 1 aromatic carbocycles. The number of quaternary nitrogens is 1. The Morgan fingerprint density at radius 1 is 1.29 bits per heavy atom. The van der Waals surface area contributed by atoms with Crippen molar-refractivity contribution in [2.24, 2.45) is 0 Å². The number of amides is 1. The van der Waals surface area contributed by atoms with Crippen LogP contribution >= 0.6 is 11.8 Å². The van der Waals surface area contributed by atoms with Crippen LogP contribution in [0.1, 0.15) is 6.42 Å². The highest BCUT2D eigenvalue weighted by Crippen LogP contribution is 2.21. The van der Waals surface area contributed by atoms with Gasteiger partial charge in [-0.15, -0.1) is 11.8 Å². The van der Waals surface area contributed by atoms with Gasteiger partial charge in [-0.3, -0.25) is 4.79 Å². The summed E-state index contributed by atoms with van der Waals surface area (Å²) in [5, 5.41) is 0. The standard InChI is InChI=1S/C16H21FN2O3S2/c17-14-3-1-2-4-15(14)23-11-16(20)19-8-6-18(7-9-19)13-5-10-24(21,22)12-13/h1-4,13H,5-12H2/p+1/t13-/m0/s1. The van der Waals surface area contributed by atoms with E-state index in [9.17, 15) is 17.6 Å². The van der Waals surface area contributed by atoms with Crippen LogP contribution in [0, 0.1) is 5.82 Å². The highest BCUT2D eigenvalue weighted by molar-refractivity contribution is 8.00. The SMILES string of the molecule is O=C(CSc1ccccc1F)N1CC[NH+]([C@H]2CCS(=O)(=O)C2)CC1. The molecule has 2 aliphatic heterocycles. The number of hydrogen-bond acceptors (Lipinski definition) is 4. The van der Waals surface area contributed by atoms with Gasteiger partial charge in [-0.1, -0.05) is 12.1 Å². The van der Waals surface area contributed by atoms with Crippen LogP contribution in [0.25, 0.3) is 0 Å². The van der Waals surface area contributed by atoms with Gasteiger partial charge in [-0.2, -0.15) is 0 Å². The Labute approximate surface area is 146 Å². The molecule has 1 amide bonds. The fraction of sp³-hybridized carbons (Fsp3) is 0.562. The number of thioether (sulfide) groups is 1. The monoisotopic (exact) mass is 373 g/mol. The molecule has 132 valence electrons. The molecule has 0 bridgehead atoms. The van der Waals surface area contributed by atoms with Crippen LogP contribution in [0.2, 0.25) is 0 Å². The third-order valence-corrected chi connectivity index (χ3v) is 7.56. The molecule has 8 heteroatoms. The number of piperazine rings is 1. The molecule has 2 heterocycles. The van der Waals surface area contributed by atoms with Crippen molar-refractivity contribution in [1.29, 1.82) is 0 Å². The third kappa shape index (κ3) is 4.29. The molecule has 0 aromatic heterocycles. The molecule has 1 atom stereocenters. The third-order valence-electron chi connectivity index (χ3n) is 4.76. The Hall–Kier alpha value is -1.12. The van der Waals surface area contributed by atoms with Crippen molar-refractivity contribution in [1.82, 2.24) is 4.90 Å². The number of benzene rings is 1. The Bertz CT molecular complexity index is 703. The minimum absolute atomic E-state index is 0.0151. The largest absolute Gasteiger partial charge is 0.331 e. The number of sulfone groups is 1. The van der Waals surface area contributed by atoms with E-state index in [-0.39, 0.29) is 29.3 Å². The van der Waals surface area contributed by atoms with E-state index in [0.717, 1.165) is 19.5 Å². The molecule has 2 fully saturated rings. The maximum absolute atomic E-state index is 13.6. The van der Waals surface area contributed by atoms with E-state index in [2.05, 4.69) is 0 Å². The minimum Gasteiger partial charge on any atom is -0.331 e. The number of rotatable bonds is 4. The molecular weight excluding hydrogens is 351 g/mol. The van der Waals surface area contributed by atoms with Crippen LogP contribution in [0.4, 0.5) is 4.39 Å². The van der Waals surface area contributed by atoms with Crippen LogP contribution in [0.3, 0.4) is 0 Å². The van der Waals surface area contributed by atoms with Crippen LogP contribution < -0.4 is 4.90 Å². The van der Waals surface area contributed by atoms with Gasteiger partial charge in [0.05, 0.1) is 37.7 Å². The van der Waals surface area contributed by atoms with Crippen molar-refractivity contribution in [3.05, 3.63) is 30.1 Å². The van der Waals surface area contributed by atoms with E-state index in [1.54, 1.807) is 23.1 Å². The molecule has 24 heavy (non-hydrogen) atoms. The summed E-state index contributed by atoms with van der Waals surface area (Å²) in [6.45, 7) is 2.86.